The molecule has 1 aliphatic rings. The van der Waals surface area contributed by atoms with Crippen LogP contribution in [0.15, 0.2) is 54.6 Å². The zero-order chi connectivity index (χ0) is 23.9. The molecule has 1 saturated heterocycles. The highest BCUT2D eigenvalue weighted by Gasteiger charge is 2.43. The molecule has 0 aliphatic carbocycles. The molecule has 1 heterocycles. The number of unbranched alkanes of at least 4 members (excludes halogenated alkanes) is 2. The first-order valence-corrected chi connectivity index (χ1v) is 11.3. The number of amides is 1. The van der Waals surface area contributed by atoms with Crippen LogP contribution in [0.1, 0.15) is 44.6 Å². The predicted octanol–water partition coefficient (Wildman–Crippen LogP) is 5.11. The van der Waals surface area contributed by atoms with Gasteiger partial charge in [-0.2, -0.15) is 13.2 Å². The molecule has 0 aromatic heterocycles. The van der Waals surface area contributed by atoms with E-state index in [1.807, 2.05) is 35.2 Å². The molecule has 2 aromatic carbocycles. The fourth-order valence-electron chi connectivity index (χ4n) is 4.11. The maximum atomic E-state index is 12.9. The van der Waals surface area contributed by atoms with Crippen molar-refractivity contribution >= 4 is 11.6 Å². The summed E-state index contributed by atoms with van der Waals surface area (Å²) in [5.74, 6) is 0.232. The third kappa shape index (κ3) is 7.20. The molecule has 0 unspecified atom stereocenters. The van der Waals surface area contributed by atoms with Crippen LogP contribution in [0.3, 0.4) is 0 Å². The highest BCUT2D eigenvalue weighted by Crippen LogP contribution is 2.32. The molecule has 180 valence electrons. The number of rotatable bonds is 9. The summed E-state index contributed by atoms with van der Waals surface area (Å²) in [6.45, 7) is 2.93. The third-order valence-corrected chi connectivity index (χ3v) is 5.96. The second kappa shape index (κ2) is 11.0. The van der Waals surface area contributed by atoms with Gasteiger partial charge in [-0.15, -0.1) is 0 Å². The maximum absolute atomic E-state index is 12.9. The molecule has 0 spiro atoms. The summed E-state index contributed by atoms with van der Waals surface area (Å²) in [6.07, 6.45) is -0.985. The molecule has 2 atom stereocenters. The first-order chi connectivity index (χ1) is 15.7. The number of likely N-dealkylation sites (tertiary alicyclic amines) is 1. The number of nitrogens with zero attached hydrogens (tertiary/aromatic N) is 1. The van der Waals surface area contributed by atoms with Crippen molar-refractivity contribution in [2.75, 3.05) is 25.0 Å². The maximum Gasteiger partial charge on any atom is 0.416 e. The van der Waals surface area contributed by atoms with Gasteiger partial charge in [-0.1, -0.05) is 50.5 Å². The van der Waals surface area contributed by atoms with E-state index in [1.54, 1.807) is 0 Å². The van der Waals surface area contributed by atoms with Gasteiger partial charge < -0.3 is 15.2 Å². The zero-order valence-corrected chi connectivity index (χ0v) is 18.8. The van der Waals surface area contributed by atoms with Crippen LogP contribution in [-0.4, -0.2) is 47.3 Å². The van der Waals surface area contributed by atoms with E-state index in [1.165, 1.54) is 12.1 Å². The molecule has 33 heavy (non-hydrogen) atoms. The van der Waals surface area contributed by atoms with Crippen LogP contribution in [0.25, 0.3) is 0 Å². The van der Waals surface area contributed by atoms with Crippen LogP contribution in [0, 0.1) is 0 Å². The molecular formula is C25H31F3N2O3. The van der Waals surface area contributed by atoms with Crippen LogP contribution in [0.2, 0.25) is 0 Å². The molecule has 5 nitrogen and oxygen atoms in total. The van der Waals surface area contributed by atoms with Gasteiger partial charge >= 0.3 is 6.18 Å². The molecule has 3 rings (SSSR count). The molecule has 1 amide bonds. The third-order valence-electron chi connectivity index (χ3n) is 5.96. The minimum absolute atomic E-state index is 0.00403. The SMILES string of the molecule is CCCCC[C@]1(O)CCN(CC(=O)Nc2cccc(C(F)(F)F)c2)C[C@@H]1Oc1ccccc1. The zero-order valence-electron chi connectivity index (χ0n) is 18.8. The monoisotopic (exact) mass is 464 g/mol. The van der Waals surface area contributed by atoms with Crippen molar-refractivity contribution in [1.29, 1.82) is 0 Å². The summed E-state index contributed by atoms with van der Waals surface area (Å²) in [7, 11) is 0. The van der Waals surface area contributed by atoms with Crippen LogP contribution in [0.4, 0.5) is 18.9 Å². The Balaban J connectivity index is 1.64. The van der Waals surface area contributed by atoms with E-state index in [4.69, 9.17) is 4.74 Å². The van der Waals surface area contributed by atoms with Gasteiger partial charge in [0.25, 0.3) is 0 Å². The molecule has 2 N–H and O–H groups in total. The summed E-state index contributed by atoms with van der Waals surface area (Å²) >= 11 is 0. The van der Waals surface area contributed by atoms with Crippen molar-refractivity contribution in [3.63, 3.8) is 0 Å². The lowest BCUT2D eigenvalue weighted by molar-refractivity contribution is -0.137. The number of halogens is 3. The van der Waals surface area contributed by atoms with Crippen LogP contribution >= 0.6 is 0 Å². The Morgan fingerprint density at radius 2 is 1.94 bits per heavy atom. The Morgan fingerprint density at radius 1 is 1.18 bits per heavy atom. The van der Waals surface area contributed by atoms with Crippen LogP contribution in [0.5, 0.6) is 5.75 Å². The fraction of sp³-hybridized carbons (Fsp3) is 0.480. The van der Waals surface area contributed by atoms with Gasteiger partial charge in [-0.3, -0.25) is 9.69 Å². The van der Waals surface area contributed by atoms with E-state index in [0.29, 0.717) is 31.7 Å². The quantitative estimate of drug-likeness (QED) is 0.507. The molecule has 2 aromatic rings. The van der Waals surface area contributed by atoms with Gasteiger partial charge in [0.05, 0.1) is 12.1 Å². The Labute approximate surface area is 192 Å². The van der Waals surface area contributed by atoms with Crippen molar-refractivity contribution < 1.29 is 27.8 Å². The smallest absolute Gasteiger partial charge is 0.416 e. The van der Waals surface area contributed by atoms with E-state index in [-0.39, 0.29) is 12.2 Å². The highest BCUT2D eigenvalue weighted by molar-refractivity contribution is 5.92. The molecule has 0 saturated carbocycles. The van der Waals surface area contributed by atoms with Crippen molar-refractivity contribution in [2.24, 2.45) is 0 Å². The average molecular weight is 465 g/mol. The van der Waals surface area contributed by atoms with Crippen molar-refractivity contribution in [3.05, 3.63) is 60.2 Å². The lowest BCUT2D eigenvalue weighted by Crippen LogP contribution is -2.58. The number of ether oxygens (including phenoxy) is 1. The molecule has 8 heteroatoms. The van der Waals surface area contributed by atoms with Gasteiger partial charge in [0.2, 0.25) is 5.91 Å². The number of carbonyl (C=O) groups is 1. The minimum Gasteiger partial charge on any atom is -0.486 e. The Morgan fingerprint density at radius 3 is 2.64 bits per heavy atom. The van der Waals surface area contributed by atoms with Gasteiger partial charge in [0, 0.05) is 18.8 Å². The lowest BCUT2D eigenvalue weighted by Gasteiger charge is -2.44. The second-order valence-electron chi connectivity index (χ2n) is 8.59. The highest BCUT2D eigenvalue weighted by atomic mass is 19.4. The molecule has 0 radical (unpaired) electrons. The second-order valence-corrected chi connectivity index (χ2v) is 8.59. The van der Waals surface area contributed by atoms with Crippen molar-refractivity contribution in [2.45, 2.75) is 56.9 Å². The number of alkyl halides is 3. The minimum atomic E-state index is -4.47. The summed E-state index contributed by atoms with van der Waals surface area (Å²) < 4.78 is 44.9. The number of nitrogens with one attached hydrogen (secondary N) is 1. The number of hydrogen-bond acceptors (Lipinski definition) is 4. The Kier molecular flexibility index (Phi) is 8.37. The Hall–Kier alpha value is -2.58. The number of para-hydroxylation sites is 1. The van der Waals surface area contributed by atoms with Gasteiger partial charge in [-0.05, 0) is 43.2 Å². The van der Waals surface area contributed by atoms with E-state index < -0.39 is 29.4 Å². The van der Waals surface area contributed by atoms with Crippen molar-refractivity contribution in [3.8, 4) is 5.75 Å². The van der Waals surface area contributed by atoms with E-state index in [9.17, 15) is 23.1 Å². The first kappa shape index (κ1) is 25.1. The molecule has 1 aliphatic heterocycles. The summed E-state index contributed by atoms with van der Waals surface area (Å²) in [4.78, 5) is 14.4. The van der Waals surface area contributed by atoms with Crippen LogP contribution in [-0.2, 0) is 11.0 Å². The van der Waals surface area contributed by atoms with Gasteiger partial charge in [-0.25, -0.2) is 0 Å². The predicted molar refractivity (Wildman–Crippen MR) is 121 cm³/mol. The molecular weight excluding hydrogens is 433 g/mol. The van der Waals surface area contributed by atoms with E-state index >= 15 is 0 Å². The number of carbonyl (C=O) groups excluding carboxylic acids is 1. The number of hydrogen-bond donors (Lipinski definition) is 2. The fourth-order valence-corrected chi connectivity index (χ4v) is 4.11. The number of aliphatic hydroxyl groups is 1. The Bertz CT molecular complexity index is 907. The first-order valence-electron chi connectivity index (χ1n) is 11.3. The van der Waals surface area contributed by atoms with Crippen LogP contribution < -0.4 is 10.1 Å². The number of anilines is 1. The normalized spacial score (nSPS) is 21.5. The van der Waals surface area contributed by atoms with Gasteiger partial charge in [0.1, 0.15) is 17.5 Å². The number of piperidine rings is 1. The topological polar surface area (TPSA) is 61.8 Å². The standard InChI is InChI=1S/C25H31F3N2O3/c1-2-3-7-13-24(32)14-15-30(17-22(24)33-21-11-5-4-6-12-21)18-23(31)29-20-10-8-9-19(16-20)25(26,27)28/h4-6,8-12,16,22,32H,2-3,7,13-15,17-18H2,1H3,(H,29,31)/t22-,24-/m0/s1. The van der Waals surface area contributed by atoms with Crippen molar-refractivity contribution in [1.82, 2.24) is 4.90 Å². The summed E-state index contributed by atoms with van der Waals surface area (Å²) in [5, 5.41) is 13.9. The molecule has 0 bridgehead atoms. The van der Waals surface area contributed by atoms with E-state index in [2.05, 4.69) is 12.2 Å². The van der Waals surface area contributed by atoms with E-state index in [0.717, 1.165) is 31.4 Å². The largest absolute Gasteiger partial charge is 0.486 e. The van der Waals surface area contributed by atoms with Gasteiger partial charge in [0.15, 0.2) is 0 Å². The number of benzene rings is 2. The summed E-state index contributed by atoms with van der Waals surface area (Å²) in [5.41, 5.74) is -1.72. The summed E-state index contributed by atoms with van der Waals surface area (Å²) in [6, 6.07) is 13.8. The average Bonchev–Trinajstić information content (AvgIpc) is 2.77. The molecule has 1 fully saturated rings. The lowest BCUT2D eigenvalue weighted by atomic mass is 9.83.